The van der Waals surface area contributed by atoms with Gasteiger partial charge in [-0.05, 0) is 17.7 Å². The van der Waals surface area contributed by atoms with Crippen LogP contribution < -0.4 is 10.6 Å². The number of carbonyl (C=O) groups excluding carboxylic acids is 2. The third-order valence-electron chi connectivity index (χ3n) is 2.29. The Morgan fingerprint density at radius 2 is 1.68 bits per heavy atom. The fourth-order valence-electron chi connectivity index (χ4n) is 1.39. The van der Waals surface area contributed by atoms with Crippen LogP contribution in [0.5, 0.6) is 0 Å². The zero-order chi connectivity index (χ0) is 14.1. The van der Waals surface area contributed by atoms with Gasteiger partial charge in [0, 0.05) is 13.1 Å². The minimum atomic E-state index is -0.365. The lowest BCUT2D eigenvalue weighted by atomic mass is 10.1. The van der Waals surface area contributed by atoms with Crippen molar-refractivity contribution in [1.29, 1.82) is 5.26 Å². The Kier molecular flexibility index (Phi) is 6.03. The second kappa shape index (κ2) is 7.82. The average Bonchev–Trinajstić information content (AvgIpc) is 2.38. The number of nitrogens with one attached hydrogen (secondary N) is 2. The van der Waals surface area contributed by atoms with Crippen LogP contribution in [0.2, 0.25) is 0 Å². The van der Waals surface area contributed by atoms with E-state index in [4.69, 9.17) is 5.26 Å². The second-order valence-electron chi connectivity index (χ2n) is 3.84. The number of carbonyl (C=O) groups is 2. The van der Waals surface area contributed by atoms with E-state index in [2.05, 4.69) is 10.6 Å². The molecule has 0 aromatic heterocycles. The molecule has 5 nitrogen and oxygen atoms in total. The smallest absolute Gasteiger partial charge is 0.234 e. The summed E-state index contributed by atoms with van der Waals surface area (Å²) in [5, 5.41) is 13.4. The fourth-order valence-corrected chi connectivity index (χ4v) is 1.39. The number of benzene rings is 1. The Bertz CT molecular complexity index is 480. The highest BCUT2D eigenvalue weighted by Gasteiger charge is 2.03. The lowest BCUT2D eigenvalue weighted by Crippen LogP contribution is -2.35. The third kappa shape index (κ3) is 6.17. The maximum atomic E-state index is 12.6. The van der Waals surface area contributed by atoms with Crippen LogP contribution in [0.25, 0.3) is 0 Å². The standard InChI is InChI=1S/C13H14FN3O2/c14-11-3-1-10(2-4-11)9-13(19)17-8-7-16-12(18)5-6-15/h1-4H,5,7-9H2,(H,16,18)(H,17,19). The fraction of sp³-hybridized carbons (Fsp3) is 0.308. The third-order valence-corrected chi connectivity index (χ3v) is 2.29. The molecular weight excluding hydrogens is 249 g/mol. The van der Waals surface area contributed by atoms with E-state index in [9.17, 15) is 14.0 Å². The number of amides is 2. The van der Waals surface area contributed by atoms with E-state index in [1.54, 1.807) is 18.2 Å². The lowest BCUT2D eigenvalue weighted by molar-refractivity contribution is -0.122. The predicted molar refractivity (Wildman–Crippen MR) is 66.4 cm³/mol. The molecule has 0 saturated heterocycles. The van der Waals surface area contributed by atoms with Gasteiger partial charge in [0.2, 0.25) is 11.8 Å². The molecule has 0 aliphatic carbocycles. The minimum Gasteiger partial charge on any atom is -0.354 e. The minimum absolute atomic E-state index is 0.159. The Hall–Kier alpha value is -2.42. The van der Waals surface area contributed by atoms with Crippen molar-refractivity contribution in [2.24, 2.45) is 0 Å². The van der Waals surface area contributed by atoms with E-state index in [0.717, 1.165) is 0 Å². The summed E-state index contributed by atoms with van der Waals surface area (Å²) in [5.41, 5.74) is 0.715. The summed E-state index contributed by atoms with van der Waals surface area (Å²) in [5.74, 6) is -0.916. The van der Waals surface area contributed by atoms with Gasteiger partial charge in [-0.15, -0.1) is 0 Å². The molecule has 19 heavy (non-hydrogen) atoms. The first-order valence-electron chi connectivity index (χ1n) is 5.76. The summed E-state index contributed by atoms with van der Waals surface area (Å²) in [4.78, 5) is 22.4. The number of halogens is 1. The Morgan fingerprint density at radius 3 is 2.26 bits per heavy atom. The van der Waals surface area contributed by atoms with Crippen LogP contribution in [0, 0.1) is 17.1 Å². The van der Waals surface area contributed by atoms with E-state index >= 15 is 0 Å². The normalized spacial score (nSPS) is 9.47. The van der Waals surface area contributed by atoms with Crippen molar-refractivity contribution in [2.45, 2.75) is 12.8 Å². The first-order chi connectivity index (χ1) is 9.11. The van der Waals surface area contributed by atoms with E-state index in [1.807, 2.05) is 0 Å². The number of rotatable bonds is 6. The molecular formula is C13H14FN3O2. The van der Waals surface area contributed by atoms with E-state index in [-0.39, 0.29) is 43.6 Å². The van der Waals surface area contributed by atoms with E-state index in [1.165, 1.54) is 12.1 Å². The highest BCUT2D eigenvalue weighted by atomic mass is 19.1. The highest BCUT2D eigenvalue weighted by Crippen LogP contribution is 2.03. The number of hydrogen-bond donors (Lipinski definition) is 2. The van der Waals surface area contributed by atoms with Crippen LogP contribution in [-0.2, 0) is 16.0 Å². The molecule has 0 aliphatic heterocycles. The monoisotopic (exact) mass is 263 g/mol. The molecule has 100 valence electrons. The first kappa shape index (κ1) is 14.6. The molecule has 0 heterocycles. The molecule has 1 aromatic carbocycles. The predicted octanol–water partition coefficient (Wildman–Crippen LogP) is 0.514. The van der Waals surface area contributed by atoms with Crippen molar-refractivity contribution in [3.63, 3.8) is 0 Å². The second-order valence-corrected chi connectivity index (χ2v) is 3.84. The summed E-state index contributed by atoms with van der Waals surface area (Å²) in [7, 11) is 0. The Balaban J connectivity index is 2.20. The van der Waals surface area contributed by atoms with Gasteiger partial charge in [-0.1, -0.05) is 12.1 Å². The van der Waals surface area contributed by atoms with Crippen LogP contribution in [-0.4, -0.2) is 24.9 Å². The molecule has 0 spiro atoms. The zero-order valence-corrected chi connectivity index (χ0v) is 10.3. The van der Waals surface area contributed by atoms with Gasteiger partial charge in [0.25, 0.3) is 0 Å². The van der Waals surface area contributed by atoms with Crippen molar-refractivity contribution in [2.75, 3.05) is 13.1 Å². The largest absolute Gasteiger partial charge is 0.354 e. The first-order valence-corrected chi connectivity index (χ1v) is 5.76. The molecule has 0 fully saturated rings. The van der Waals surface area contributed by atoms with Gasteiger partial charge in [0.15, 0.2) is 0 Å². The van der Waals surface area contributed by atoms with Crippen molar-refractivity contribution < 1.29 is 14.0 Å². The maximum absolute atomic E-state index is 12.6. The van der Waals surface area contributed by atoms with Gasteiger partial charge in [0.1, 0.15) is 12.2 Å². The van der Waals surface area contributed by atoms with Gasteiger partial charge in [0.05, 0.1) is 12.5 Å². The van der Waals surface area contributed by atoms with E-state index in [0.29, 0.717) is 5.56 Å². The van der Waals surface area contributed by atoms with Crippen LogP contribution in [0.1, 0.15) is 12.0 Å². The molecule has 0 radical (unpaired) electrons. The topological polar surface area (TPSA) is 82.0 Å². The summed E-state index contributed by atoms with van der Waals surface area (Å²) in [6.45, 7) is 0.562. The number of nitrogens with zero attached hydrogens (tertiary/aromatic N) is 1. The van der Waals surface area contributed by atoms with Gasteiger partial charge in [-0.3, -0.25) is 9.59 Å². The molecule has 0 bridgehead atoms. The van der Waals surface area contributed by atoms with Gasteiger partial charge >= 0.3 is 0 Å². The summed E-state index contributed by atoms with van der Waals surface area (Å²) >= 11 is 0. The van der Waals surface area contributed by atoms with Crippen LogP contribution in [0.4, 0.5) is 4.39 Å². The summed E-state index contributed by atoms with van der Waals surface area (Å²) in [6, 6.07) is 7.41. The summed E-state index contributed by atoms with van der Waals surface area (Å²) in [6.07, 6.45) is -0.0318. The Morgan fingerprint density at radius 1 is 1.11 bits per heavy atom. The maximum Gasteiger partial charge on any atom is 0.234 e. The molecule has 6 heteroatoms. The lowest BCUT2D eigenvalue weighted by Gasteiger charge is -2.06. The van der Waals surface area contributed by atoms with Crippen LogP contribution in [0.3, 0.4) is 0 Å². The van der Waals surface area contributed by atoms with Crippen molar-refractivity contribution in [1.82, 2.24) is 10.6 Å². The molecule has 0 saturated carbocycles. The molecule has 2 amide bonds. The molecule has 1 aromatic rings. The van der Waals surface area contributed by atoms with Crippen LogP contribution in [0.15, 0.2) is 24.3 Å². The number of hydrogen-bond acceptors (Lipinski definition) is 3. The molecule has 1 rings (SSSR count). The molecule has 0 atom stereocenters. The van der Waals surface area contributed by atoms with Crippen molar-refractivity contribution in [3.05, 3.63) is 35.6 Å². The van der Waals surface area contributed by atoms with Gasteiger partial charge < -0.3 is 10.6 Å². The SMILES string of the molecule is N#CCC(=O)NCCNC(=O)Cc1ccc(F)cc1. The Labute approximate surface area is 110 Å². The van der Waals surface area contributed by atoms with Gasteiger partial charge in [-0.25, -0.2) is 4.39 Å². The van der Waals surface area contributed by atoms with Crippen LogP contribution >= 0.6 is 0 Å². The summed E-state index contributed by atoms with van der Waals surface area (Å²) < 4.78 is 12.6. The zero-order valence-electron chi connectivity index (χ0n) is 10.3. The molecule has 0 unspecified atom stereocenters. The number of nitriles is 1. The van der Waals surface area contributed by atoms with Crippen molar-refractivity contribution >= 4 is 11.8 Å². The molecule has 2 N–H and O–H groups in total. The molecule has 0 aliphatic rings. The van der Waals surface area contributed by atoms with E-state index < -0.39 is 0 Å². The highest BCUT2D eigenvalue weighted by molar-refractivity contribution is 5.79. The van der Waals surface area contributed by atoms with Crippen molar-refractivity contribution in [3.8, 4) is 6.07 Å². The van der Waals surface area contributed by atoms with Gasteiger partial charge in [-0.2, -0.15) is 5.26 Å². The quantitative estimate of drug-likeness (QED) is 0.734. The average molecular weight is 263 g/mol.